The fourth-order valence-electron chi connectivity index (χ4n) is 3.25. The van der Waals surface area contributed by atoms with Gasteiger partial charge in [-0.05, 0) is 40.7 Å². The van der Waals surface area contributed by atoms with Crippen LogP contribution in [0.4, 0.5) is 18.0 Å². The molecular weight excluding hydrogens is 375 g/mol. The lowest BCUT2D eigenvalue weighted by Crippen LogP contribution is -2.41. The van der Waals surface area contributed by atoms with Crippen LogP contribution in [-0.4, -0.2) is 29.4 Å². The number of fused-ring (bicyclic) bond motifs is 3. The number of ether oxygens (including phenoxy) is 1. The number of halogens is 3. The van der Waals surface area contributed by atoms with Gasteiger partial charge < -0.3 is 15.2 Å². The summed E-state index contributed by atoms with van der Waals surface area (Å²) in [5, 5.41) is 11.0. The van der Waals surface area contributed by atoms with Crippen LogP contribution < -0.4 is 5.32 Å². The molecule has 2 N–H and O–H groups in total. The first kappa shape index (κ1) is 19.7. The Hall–Kier alpha value is -3.03. The fraction of sp³-hybridized carbons (Fsp3) is 0.300. The predicted molar refractivity (Wildman–Crippen MR) is 94.7 cm³/mol. The van der Waals surface area contributed by atoms with Crippen LogP contribution in [0, 0.1) is 0 Å². The first-order valence-corrected chi connectivity index (χ1v) is 8.66. The number of alkyl carbamates (subject to hydrolysis) is 1. The highest BCUT2D eigenvalue weighted by atomic mass is 19.4. The molecular formula is C20H18F3NO4. The van der Waals surface area contributed by atoms with Gasteiger partial charge >= 0.3 is 18.2 Å². The van der Waals surface area contributed by atoms with Crippen molar-refractivity contribution in [3.05, 3.63) is 59.2 Å². The molecule has 0 aromatic heterocycles. The standard InChI is InChI=1S/C20H18F3NO4/c21-20(22,23)9-8-17(18(25)26)24-19(27)28-11-13-5-3-7-15-14-6-2-1-4-12(14)10-16(13)15/h1-7,17H,8-11H2,(H,24,27)(H,25,26)/t17-/m1/s1. The van der Waals surface area contributed by atoms with Crippen molar-refractivity contribution in [1.82, 2.24) is 5.32 Å². The van der Waals surface area contributed by atoms with Gasteiger partial charge in [-0.25, -0.2) is 9.59 Å². The van der Waals surface area contributed by atoms with E-state index in [2.05, 4.69) is 0 Å². The van der Waals surface area contributed by atoms with Crippen LogP contribution in [0.3, 0.4) is 0 Å². The van der Waals surface area contributed by atoms with E-state index in [4.69, 9.17) is 9.84 Å². The number of carboxylic acid groups (broad SMARTS) is 1. The van der Waals surface area contributed by atoms with E-state index in [0.717, 1.165) is 27.8 Å². The Morgan fingerprint density at radius 2 is 1.82 bits per heavy atom. The highest BCUT2D eigenvalue weighted by molar-refractivity contribution is 5.80. The Kier molecular flexibility index (Phi) is 5.58. The Morgan fingerprint density at radius 1 is 1.11 bits per heavy atom. The minimum Gasteiger partial charge on any atom is -0.480 e. The smallest absolute Gasteiger partial charge is 0.408 e. The van der Waals surface area contributed by atoms with Gasteiger partial charge in [0.05, 0.1) is 0 Å². The van der Waals surface area contributed by atoms with Gasteiger partial charge in [0.1, 0.15) is 12.6 Å². The Labute approximate surface area is 159 Å². The maximum absolute atomic E-state index is 12.3. The van der Waals surface area contributed by atoms with Crippen LogP contribution in [0.15, 0.2) is 42.5 Å². The van der Waals surface area contributed by atoms with Crippen LogP contribution in [0.5, 0.6) is 0 Å². The van der Waals surface area contributed by atoms with Gasteiger partial charge in [-0.15, -0.1) is 0 Å². The normalized spacial score (nSPS) is 13.4. The van der Waals surface area contributed by atoms with Gasteiger partial charge in [-0.2, -0.15) is 13.2 Å². The molecule has 0 heterocycles. The molecule has 0 radical (unpaired) electrons. The first-order chi connectivity index (χ1) is 13.2. The van der Waals surface area contributed by atoms with Crippen LogP contribution in [0.25, 0.3) is 11.1 Å². The molecule has 1 amide bonds. The Bertz CT molecular complexity index is 895. The van der Waals surface area contributed by atoms with E-state index in [1.54, 1.807) is 6.07 Å². The zero-order valence-electron chi connectivity index (χ0n) is 14.8. The second-order valence-corrected chi connectivity index (χ2v) is 6.54. The van der Waals surface area contributed by atoms with Gasteiger partial charge in [0.2, 0.25) is 0 Å². The van der Waals surface area contributed by atoms with Gasteiger partial charge in [-0.3, -0.25) is 0 Å². The van der Waals surface area contributed by atoms with Crippen molar-refractivity contribution in [2.75, 3.05) is 0 Å². The molecule has 0 fully saturated rings. The zero-order chi connectivity index (χ0) is 20.3. The number of carbonyl (C=O) groups excluding carboxylic acids is 1. The van der Waals surface area contributed by atoms with Crippen LogP contribution in [-0.2, 0) is 22.6 Å². The summed E-state index contributed by atoms with van der Waals surface area (Å²) in [7, 11) is 0. The summed E-state index contributed by atoms with van der Waals surface area (Å²) in [6.45, 7) is -0.103. The molecule has 2 aromatic carbocycles. The summed E-state index contributed by atoms with van der Waals surface area (Å²) in [4.78, 5) is 23.0. The third-order valence-corrected chi connectivity index (χ3v) is 4.61. The number of carboxylic acids is 1. The van der Waals surface area contributed by atoms with Gasteiger partial charge in [0.25, 0.3) is 0 Å². The highest BCUT2D eigenvalue weighted by Crippen LogP contribution is 2.38. The molecule has 5 nitrogen and oxygen atoms in total. The maximum Gasteiger partial charge on any atom is 0.408 e. The number of hydrogen-bond acceptors (Lipinski definition) is 3. The van der Waals surface area contributed by atoms with Crippen LogP contribution in [0.2, 0.25) is 0 Å². The van der Waals surface area contributed by atoms with Crippen molar-refractivity contribution in [1.29, 1.82) is 0 Å². The Morgan fingerprint density at radius 3 is 2.54 bits per heavy atom. The minimum atomic E-state index is -4.50. The lowest BCUT2D eigenvalue weighted by Gasteiger charge is -2.16. The van der Waals surface area contributed by atoms with E-state index in [9.17, 15) is 22.8 Å². The molecule has 28 heavy (non-hydrogen) atoms. The summed E-state index contributed by atoms with van der Waals surface area (Å²) in [5.41, 5.74) is 5.11. The summed E-state index contributed by atoms with van der Waals surface area (Å²) in [6, 6.07) is 11.9. The molecule has 0 saturated heterocycles. The third-order valence-electron chi connectivity index (χ3n) is 4.61. The average molecular weight is 393 g/mol. The van der Waals surface area contributed by atoms with E-state index in [0.29, 0.717) is 6.42 Å². The molecule has 8 heteroatoms. The number of nitrogens with one attached hydrogen (secondary N) is 1. The fourth-order valence-corrected chi connectivity index (χ4v) is 3.25. The number of carbonyl (C=O) groups is 2. The number of hydrogen-bond donors (Lipinski definition) is 2. The average Bonchev–Trinajstić information content (AvgIpc) is 3.01. The molecule has 2 aromatic rings. The van der Waals surface area contributed by atoms with Crippen molar-refractivity contribution in [3.8, 4) is 11.1 Å². The maximum atomic E-state index is 12.3. The number of aliphatic carboxylic acids is 1. The van der Waals surface area contributed by atoms with Crippen LogP contribution >= 0.6 is 0 Å². The van der Waals surface area contributed by atoms with Crippen LogP contribution in [0.1, 0.15) is 29.5 Å². The Balaban J connectivity index is 1.62. The van der Waals surface area contributed by atoms with E-state index in [-0.39, 0.29) is 6.61 Å². The van der Waals surface area contributed by atoms with Gasteiger partial charge in [-0.1, -0.05) is 42.5 Å². The monoisotopic (exact) mass is 393 g/mol. The summed E-state index contributed by atoms with van der Waals surface area (Å²) in [5.74, 6) is -1.54. The van der Waals surface area contributed by atoms with E-state index in [1.807, 2.05) is 41.7 Å². The second-order valence-electron chi connectivity index (χ2n) is 6.54. The summed E-state index contributed by atoms with van der Waals surface area (Å²) >= 11 is 0. The van der Waals surface area contributed by atoms with Crippen molar-refractivity contribution in [2.24, 2.45) is 0 Å². The molecule has 0 spiro atoms. The third kappa shape index (κ3) is 4.62. The van der Waals surface area contributed by atoms with Gasteiger partial charge in [0.15, 0.2) is 0 Å². The topological polar surface area (TPSA) is 75.6 Å². The number of alkyl halides is 3. The number of rotatable bonds is 6. The molecule has 1 atom stereocenters. The van der Waals surface area contributed by atoms with Crippen molar-refractivity contribution >= 4 is 12.1 Å². The second kappa shape index (κ2) is 7.92. The number of benzene rings is 2. The molecule has 1 aliphatic rings. The molecule has 148 valence electrons. The molecule has 3 rings (SSSR count). The SMILES string of the molecule is O=C(N[C@H](CCC(F)(F)F)C(=O)O)OCc1cccc2c1Cc1ccccc1-2. The number of amides is 1. The first-order valence-electron chi connectivity index (χ1n) is 8.66. The van der Waals surface area contributed by atoms with E-state index < -0.39 is 37.1 Å². The minimum absolute atomic E-state index is 0.103. The quantitative estimate of drug-likeness (QED) is 0.656. The predicted octanol–water partition coefficient (Wildman–Crippen LogP) is 4.28. The van der Waals surface area contributed by atoms with Gasteiger partial charge in [0, 0.05) is 6.42 Å². The molecule has 1 aliphatic carbocycles. The summed E-state index contributed by atoms with van der Waals surface area (Å²) in [6.07, 6.45) is -6.95. The largest absolute Gasteiger partial charge is 0.480 e. The molecule has 0 unspecified atom stereocenters. The molecule has 0 saturated carbocycles. The van der Waals surface area contributed by atoms with Crippen molar-refractivity contribution in [2.45, 2.75) is 38.1 Å². The molecule has 0 aliphatic heterocycles. The lowest BCUT2D eigenvalue weighted by atomic mass is 10.0. The lowest BCUT2D eigenvalue weighted by molar-refractivity contribution is -0.145. The summed E-state index contributed by atoms with van der Waals surface area (Å²) < 4.78 is 41.9. The van der Waals surface area contributed by atoms with Crippen molar-refractivity contribution in [3.63, 3.8) is 0 Å². The van der Waals surface area contributed by atoms with E-state index >= 15 is 0 Å². The van der Waals surface area contributed by atoms with E-state index in [1.165, 1.54) is 0 Å². The highest BCUT2D eigenvalue weighted by Gasteiger charge is 2.31. The molecule has 0 bridgehead atoms. The zero-order valence-corrected chi connectivity index (χ0v) is 14.8. The van der Waals surface area contributed by atoms with Crippen molar-refractivity contribution < 1.29 is 32.6 Å².